The number of nitrogens with two attached hydrogens (primary N) is 1. The van der Waals surface area contributed by atoms with Crippen molar-refractivity contribution in [2.45, 2.75) is 40.2 Å². The maximum absolute atomic E-state index is 5.73. The van der Waals surface area contributed by atoms with Gasteiger partial charge in [-0.15, -0.1) is 11.3 Å². The standard InChI is InChI=1S/C15H20N2S/c1-9(2)15-14(17-12(8-16)18-15)13-10(3)6-5-7-11(13)4/h5-7,9H,8,16H2,1-4H3. The Morgan fingerprint density at radius 2 is 1.83 bits per heavy atom. The van der Waals surface area contributed by atoms with E-state index in [2.05, 4.69) is 45.9 Å². The van der Waals surface area contributed by atoms with Gasteiger partial charge in [-0.1, -0.05) is 32.0 Å². The summed E-state index contributed by atoms with van der Waals surface area (Å²) in [6.45, 7) is 9.24. The highest BCUT2D eigenvalue weighted by atomic mass is 32.1. The number of thiazole rings is 1. The van der Waals surface area contributed by atoms with E-state index in [1.54, 1.807) is 11.3 Å². The van der Waals surface area contributed by atoms with Gasteiger partial charge in [0.25, 0.3) is 0 Å². The third kappa shape index (κ3) is 2.33. The van der Waals surface area contributed by atoms with Crippen molar-refractivity contribution < 1.29 is 0 Å². The Labute approximate surface area is 113 Å². The van der Waals surface area contributed by atoms with Gasteiger partial charge in [0.05, 0.1) is 5.69 Å². The fraction of sp³-hybridized carbons (Fsp3) is 0.400. The van der Waals surface area contributed by atoms with Crippen LogP contribution in [-0.4, -0.2) is 4.98 Å². The van der Waals surface area contributed by atoms with Gasteiger partial charge in [0, 0.05) is 17.0 Å². The monoisotopic (exact) mass is 260 g/mol. The van der Waals surface area contributed by atoms with Crippen LogP contribution in [0.15, 0.2) is 18.2 Å². The van der Waals surface area contributed by atoms with Crippen LogP contribution in [0.1, 0.15) is 40.8 Å². The van der Waals surface area contributed by atoms with Gasteiger partial charge in [-0.25, -0.2) is 4.98 Å². The lowest BCUT2D eigenvalue weighted by Gasteiger charge is -2.11. The largest absolute Gasteiger partial charge is 0.325 e. The molecule has 0 fully saturated rings. The molecule has 0 radical (unpaired) electrons. The van der Waals surface area contributed by atoms with Gasteiger partial charge in [-0.3, -0.25) is 0 Å². The molecule has 0 aliphatic heterocycles. The molecule has 96 valence electrons. The minimum atomic E-state index is 0.483. The van der Waals surface area contributed by atoms with E-state index in [-0.39, 0.29) is 0 Å². The third-order valence-electron chi connectivity index (χ3n) is 3.11. The van der Waals surface area contributed by atoms with Crippen molar-refractivity contribution in [1.29, 1.82) is 0 Å². The lowest BCUT2D eigenvalue weighted by molar-refractivity contribution is 0.887. The van der Waals surface area contributed by atoms with Crippen LogP contribution in [0.5, 0.6) is 0 Å². The van der Waals surface area contributed by atoms with E-state index in [0.29, 0.717) is 12.5 Å². The summed E-state index contributed by atoms with van der Waals surface area (Å²) in [6, 6.07) is 6.39. The van der Waals surface area contributed by atoms with Crippen molar-refractivity contribution in [1.82, 2.24) is 4.98 Å². The molecule has 0 aliphatic carbocycles. The zero-order chi connectivity index (χ0) is 13.3. The molecule has 2 aromatic rings. The van der Waals surface area contributed by atoms with Crippen LogP contribution in [0.2, 0.25) is 0 Å². The van der Waals surface area contributed by atoms with Crippen molar-refractivity contribution >= 4 is 11.3 Å². The quantitative estimate of drug-likeness (QED) is 0.905. The molecular formula is C15H20N2S. The highest BCUT2D eigenvalue weighted by Gasteiger charge is 2.17. The Kier molecular flexibility index (Phi) is 3.83. The normalized spacial score (nSPS) is 11.2. The minimum Gasteiger partial charge on any atom is -0.325 e. The predicted octanol–water partition coefficient (Wildman–Crippen LogP) is 4.01. The number of aryl methyl sites for hydroxylation is 2. The molecule has 0 amide bonds. The summed E-state index contributed by atoms with van der Waals surface area (Å²) in [5.74, 6) is 0.483. The van der Waals surface area contributed by atoms with Crippen molar-refractivity contribution in [3.05, 3.63) is 39.2 Å². The predicted molar refractivity (Wildman–Crippen MR) is 79.0 cm³/mol. The van der Waals surface area contributed by atoms with Crippen molar-refractivity contribution in [2.24, 2.45) is 5.73 Å². The summed E-state index contributed by atoms with van der Waals surface area (Å²) in [7, 11) is 0. The second-order valence-electron chi connectivity index (χ2n) is 4.95. The van der Waals surface area contributed by atoms with E-state index in [9.17, 15) is 0 Å². The third-order valence-corrected chi connectivity index (χ3v) is 4.49. The number of hydrogen-bond acceptors (Lipinski definition) is 3. The Morgan fingerprint density at radius 3 is 2.33 bits per heavy atom. The lowest BCUT2D eigenvalue weighted by atomic mass is 9.97. The Morgan fingerprint density at radius 1 is 1.22 bits per heavy atom. The topological polar surface area (TPSA) is 38.9 Å². The van der Waals surface area contributed by atoms with Crippen LogP contribution in [0.3, 0.4) is 0 Å². The molecular weight excluding hydrogens is 240 g/mol. The molecule has 0 bridgehead atoms. The van der Waals surface area contributed by atoms with Crippen LogP contribution in [-0.2, 0) is 6.54 Å². The van der Waals surface area contributed by atoms with Crippen LogP contribution in [0.25, 0.3) is 11.3 Å². The summed E-state index contributed by atoms with van der Waals surface area (Å²) in [5, 5.41) is 1.02. The molecule has 2 rings (SSSR count). The second-order valence-corrected chi connectivity index (χ2v) is 6.06. The van der Waals surface area contributed by atoms with Crippen molar-refractivity contribution in [2.75, 3.05) is 0 Å². The van der Waals surface area contributed by atoms with Crippen molar-refractivity contribution in [3.8, 4) is 11.3 Å². The van der Waals surface area contributed by atoms with Crippen LogP contribution in [0.4, 0.5) is 0 Å². The Hall–Kier alpha value is -1.19. The van der Waals surface area contributed by atoms with Crippen molar-refractivity contribution in [3.63, 3.8) is 0 Å². The molecule has 2 N–H and O–H groups in total. The Bertz CT molecular complexity index is 535. The van der Waals surface area contributed by atoms with E-state index < -0.39 is 0 Å². The summed E-state index contributed by atoms with van der Waals surface area (Å²) < 4.78 is 0. The molecule has 0 spiro atoms. The van der Waals surface area contributed by atoms with Gasteiger partial charge in [0.2, 0.25) is 0 Å². The fourth-order valence-electron chi connectivity index (χ4n) is 2.22. The molecule has 0 saturated carbocycles. The molecule has 1 aromatic carbocycles. The molecule has 1 heterocycles. The van der Waals surface area contributed by atoms with E-state index >= 15 is 0 Å². The van der Waals surface area contributed by atoms with Gasteiger partial charge in [0.15, 0.2) is 0 Å². The molecule has 0 unspecified atom stereocenters. The maximum Gasteiger partial charge on any atom is 0.107 e. The van der Waals surface area contributed by atoms with Crippen LogP contribution < -0.4 is 5.73 Å². The molecule has 18 heavy (non-hydrogen) atoms. The van der Waals surface area contributed by atoms with Gasteiger partial charge in [-0.05, 0) is 30.9 Å². The fourth-order valence-corrected chi connectivity index (χ4v) is 3.18. The number of nitrogens with zero attached hydrogens (tertiary/aromatic N) is 1. The average molecular weight is 260 g/mol. The second kappa shape index (κ2) is 5.21. The maximum atomic E-state index is 5.73. The highest BCUT2D eigenvalue weighted by molar-refractivity contribution is 7.12. The van der Waals surface area contributed by atoms with Crippen LogP contribution >= 0.6 is 11.3 Å². The summed E-state index contributed by atoms with van der Waals surface area (Å²) in [5.41, 5.74) is 10.7. The summed E-state index contributed by atoms with van der Waals surface area (Å²) in [4.78, 5) is 6.08. The zero-order valence-corrected chi connectivity index (χ0v) is 12.3. The number of hydrogen-bond donors (Lipinski definition) is 1. The SMILES string of the molecule is Cc1cccc(C)c1-c1nc(CN)sc1C(C)C. The van der Waals surface area contributed by atoms with Gasteiger partial charge in [0.1, 0.15) is 5.01 Å². The first-order valence-corrected chi connectivity index (χ1v) is 7.12. The van der Waals surface area contributed by atoms with Gasteiger partial charge < -0.3 is 5.73 Å². The van der Waals surface area contributed by atoms with E-state index in [0.717, 1.165) is 10.7 Å². The Balaban J connectivity index is 2.66. The molecule has 2 nitrogen and oxygen atoms in total. The highest BCUT2D eigenvalue weighted by Crippen LogP contribution is 2.36. The van der Waals surface area contributed by atoms with E-state index in [1.165, 1.54) is 21.6 Å². The lowest BCUT2D eigenvalue weighted by Crippen LogP contribution is -1.96. The summed E-state index contributed by atoms with van der Waals surface area (Å²) in [6.07, 6.45) is 0. The molecule has 0 aliphatic rings. The molecule has 0 atom stereocenters. The average Bonchev–Trinajstić information content (AvgIpc) is 2.73. The number of aromatic nitrogens is 1. The van der Waals surface area contributed by atoms with Gasteiger partial charge >= 0.3 is 0 Å². The van der Waals surface area contributed by atoms with Crippen LogP contribution in [0, 0.1) is 13.8 Å². The smallest absolute Gasteiger partial charge is 0.107 e. The first kappa shape index (κ1) is 13.2. The minimum absolute atomic E-state index is 0.483. The van der Waals surface area contributed by atoms with Gasteiger partial charge in [-0.2, -0.15) is 0 Å². The molecule has 0 saturated heterocycles. The number of rotatable bonds is 3. The molecule has 3 heteroatoms. The first-order chi connectivity index (χ1) is 8.54. The van der Waals surface area contributed by atoms with E-state index in [4.69, 9.17) is 10.7 Å². The summed E-state index contributed by atoms with van der Waals surface area (Å²) >= 11 is 1.74. The van der Waals surface area contributed by atoms with E-state index in [1.807, 2.05) is 0 Å². The molecule has 1 aromatic heterocycles. The first-order valence-electron chi connectivity index (χ1n) is 6.30. The number of benzene rings is 1. The zero-order valence-electron chi connectivity index (χ0n) is 11.4.